The Kier molecular flexibility index (Phi) is 9.84. The second-order valence-electron chi connectivity index (χ2n) is 6.82. The van der Waals surface area contributed by atoms with Gasteiger partial charge < -0.3 is 14.8 Å². The largest absolute Gasteiger partial charge is 0.490 e. The predicted octanol–water partition coefficient (Wildman–Crippen LogP) is 4.70. The Bertz CT molecular complexity index is 931. The summed E-state index contributed by atoms with van der Waals surface area (Å²) in [6, 6.07) is 10.6. The number of hydrazone groups is 1. The molecular formula is C23H28ClN3O4. The normalized spacial score (nSPS) is 10.7. The number of carbonyl (C=O) groups excluding carboxylic acids is 2. The summed E-state index contributed by atoms with van der Waals surface area (Å²) in [6.45, 7) is 6.98. The Morgan fingerprint density at radius 2 is 1.87 bits per heavy atom. The number of halogens is 1. The molecule has 0 bridgehead atoms. The molecule has 0 saturated carbocycles. The lowest BCUT2D eigenvalue weighted by molar-refractivity contribution is -0.126. The van der Waals surface area contributed by atoms with Crippen molar-refractivity contribution in [2.24, 2.45) is 5.10 Å². The van der Waals surface area contributed by atoms with Crippen LogP contribution in [0, 0.1) is 6.92 Å². The van der Waals surface area contributed by atoms with E-state index in [-0.39, 0.29) is 6.42 Å². The highest BCUT2D eigenvalue weighted by molar-refractivity contribution is 6.31. The highest BCUT2D eigenvalue weighted by Crippen LogP contribution is 2.28. The molecule has 166 valence electrons. The molecule has 0 aliphatic heterocycles. The van der Waals surface area contributed by atoms with E-state index in [9.17, 15) is 9.59 Å². The quantitative estimate of drug-likeness (QED) is 0.227. The van der Waals surface area contributed by atoms with Crippen molar-refractivity contribution in [3.8, 4) is 11.5 Å². The number of hydrogen-bond acceptors (Lipinski definition) is 5. The van der Waals surface area contributed by atoms with Gasteiger partial charge in [0.2, 0.25) is 11.8 Å². The average Bonchev–Trinajstić information content (AvgIpc) is 2.72. The van der Waals surface area contributed by atoms with Crippen molar-refractivity contribution in [1.29, 1.82) is 0 Å². The minimum absolute atomic E-state index is 0.364. The van der Waals surface area contributed by atoms with E-state index in [1.807, 2.05) is 26.0 Å². The van der Waals surface area contributed by atoms with Crippen molar-refractivity contribution in [3.63, 3.8) is 0 Å². The van der Waals surface area contributed by atoms with Crippen molar-refractivity contribution in [2.45, 2.75) is 40.0 Å². The van der Waals surface area contributed by atoms with E-state index in [4.69, 9.17) is 21.1 Å². The lowest BCUT2D eigenvalue weighted by Crippen LogP contribution is -2.24. The van der Waals surface area contributed by atoms with Crippen molar-refractivity contribution in [2.75, 3.05) is 18.5 Å². The summed E-state index contributed by atoms with van der Waals surface area (Å²) in [7, 11) is 0. The van der Waals surface area contributed by atoms with Gasteiger partial charge in [-0.05, 0) is 61.7 Å². The summed E-state index contributed by atoms with van der Waals surface area (Å²) >= 11 is 6.04. The third-order valence-corrected chi connectivity index (χ3v) is 4.61. The van der Waals surface area contributed by atoms with Crippen LogP contribution in [0.4, 0.5) is 5.69 Å². The lowest BCUT2D eigenvalue weighted by Gasteiger charge is -2.12. The Labute approximate surface area is 187 Å². The van der Waals surface area contributed by atoms with Crippen LogP contribution in [-0.4, -0.2) is 31.2 Å². The first-order valence-corrected chi connectivity index (χ1v) is 10.6. The fourth-order valence-corrected chi connectivity index (χ4v) is 2.74. The van der Waals surface area contributed by atoms with E-state index in [0.29, 0.717) is 35.4 Å². The van der Waals surface area contributed by atoms with E-state index in [1.54, 1.807) is 24.3 Å². The van der Waals surface area contributed by atoms with Crippen LogP contribution in [0.25, 0.3) is 0 Å². The van der Waals surface area contributed by atoms with Crippen molar-refractivity contribution >= 4 is 35.3 Å². The molecule has 0 unspecified atom stereocenters. The van der Waals surface area contributed by atoms with Crippen LogP contribution in [0.1, 0.15) is 44.2 Å². The third kappa shape index (κ3) is 8.30. The van der Waals surface area contributed by atoms with Crippen LogP contribution >= 0.6 is 11.6 Å². The molecule has 2 N–H and O–H groups in total. The molecule has 0 spiro atoms. The van der Waals surface area contributed by atoms with Gasteiger partial charge in [0.25, 0.3) is 0 Å². The number of aryl methyl sites for hydroxylation is 1. The van der Waals surface area contributed by atoms with Crippen molar-refractivity contribution in [1.82, 2.24) is 5.43 Å². The number of nitrogens with zero attached hydrogens (tertiary/aromatic N) is 1. The average molecular weight is 446 g/mol. The molecule has 0 saturated heterocycles. The Morgan fingerprint density at radius 1 is 1.06 bits per heavy atom. The Balaban J connectivity index is 1.88. The molecular weight excluding hydrogens is 418 g/mol. The molecule has 2 rings (SSSR count). The Morgan fingerprint density at radius 3 is 2.58 bits per heavy atom. The Hall–Kier alpha value is -3.06. The number of rotatable bonds is 11. The van der Waals surface area contributed by atoms with E-state index >= 15 is 0 Å². The number of benzene rings is 2. The fourth-order valence-electron chi connectivity index (χ4n) is 2.56. The molecule has 8 heteroatoms. The van der Waals surface area contributed by atoms with Crippen LogP contribution in [0.3, 0.4) is 0 Å². The molecule has 0 fully saturated rings. The van der Waals surface area contributed by atoms with Gasteiger partial charge in [-0.3, -0.25) is 9.59 Å². The number of nitrogens with one attached hydrogen (secondary N) is 2. The molecule has 2 aromatic carbocycles. The number of hydrogen-bond donors (Lipinski definition) is 2. The number of carbonyl (C=O) groups is 2. The predicted molar refractivity (Wildman–Crippen MR) is 123 cm³/mol. The number of amides is 2. The van der Waals surface area contributed by atoms with Crippen LogP contribution in [-0.2, 0) is 9.59 Å². The van der Waals surface area contributed by atoms with Gasteiger partial charge in [-0.1, -0.05) is 31.0 Å². The maximum atomic E-state index is 12.0. The fraction of sp³-hybridized carbons (Fsp3) is 0.348. The molecule has 0 aliphatic carbocycles. The first kappa shape index (κ1) is 24.2. The molecule has 0 aromatic heterocycles. The molecule has 0 aliphatic rings. The molecule has 0 heterocycles. The van der Waals surface area contributed by atoms with Gasteiger partial charge in [-0.15, -0.1) is 0 Å². The van der Waals surface area contributed by atoms with Gasteiger partial charge in [-0.25, -0.2) is 5.43 Å². The first-order valence-electron chi connectivity index (χ1n) is 10.2. The maximum absolute atomic E-state index is 12.0. The van der Waals surface area contributed by atoms with Gasteiger partial charge in [0.15, 0.2) is 11.5 Å². The number of anilines is 1. The highest BCUT2D eigenvalue weighted by Gasteiger charge is 2.10. The zero-order valence-corrected chi connectivity index (χ0v) is 18.8. The highest BCUT2D eigenvalue weighted by atomic mass is 35.5. The molecule has 0 atom stereocenters. The zero-order chi connectivity index (χ0) is 22.6. The number of unbranched alkanes of at least 4 members (excludes halogenated alkanes) is 1. The van der Waals surface area contributed by atoms with E-state index in [2.05, 4.69) is 22.8 Å². The smallest absolute Gasteiger partial charge is 0.249 e. The van der Waals surface area contributed by atoms with Crippen molar-refractivity contribution in [3.05, 3.63) is 52.5 Å². The molecule has 2 aromatic rings. The van der Waals surface area contributed by atoms with Gasteiger partial charge in [-0.2, -0.15) is 5.10 Å². The molecule has 31 heavy (non-hydrogen) atoms. The topological polar surface area (TPSA) is 89.0 Å². The van der Waals surface area contributed by atoms with Crippen molar-refractivity contribution < 1.29 is 19.1 Å². The van der Waals surface area contributed by atoms with Gasteiger partial charge >= 0.3 is 0 Å². The molecule has 2 amide bonds. The minimum Gasteiger partial charge on any atom is -0.490 e. The monoisotopic (exact) mass is 445 g/mol. The molecule has 7 nitrogen and oxygen atoms in total. The van der Waals surface area contributed by atoms with Crippen LogP contribution in [0.2, 0.25) is 5.02 Å². The summed E-state index contributed by atoms with van der Waals surface area (Å²) in [4.78, 5) is 24.0. The van der Waals surface area contributed by atoms with Crippen LogP contribution in [0.15, 0.2) is 41.5 Å². The van der Waals surface area contributed by atoms with Gasteiger partial charge in [0.05, 0.1) is 19.4 Å². The minimum atomic E-state index is -0.531. The van der Waals surface area contributed by atoms with Gasteiger partial charge in [0.1, 0.15) is 6.42 Å². The third-order valence-electron chi connectivity index (χ3n) is 4.20. The second kappa shape index (κ2) is 12.6. The first-order chi connectivity index (χ1) is 14.9. The zero-order valence-electron chi connectivity index (χ0n) is 18.0. The van der Waals surface area contributed by atoms with E-state index < -0.39 is 11.8 Å². The molecule has 0 radical (unpaired) electrons. The SMILES string of the molecule is CCCCOc1ccc(C=NNC(=O)CC(=O)Nc2ccc(C)c(Cl)c2)cc1OCC. The van der Waals surface area contributed by atoms with Crippen LogP contribution in [0.5, 0.6) is 11.5 Å². The standard InChI is InChI=1S/C23H28ClN3O4/c1-4-6-11-31-20-10-8-17(12-21(20)30-5-2)15-25-27-23(29)14-22(28)26-18-9-7-16(3)19(24)13-18/h7-10,12-13,15H,4-6,11,14H2,1-3H3,(H,26,28)(H,27,29). The maximum Gasteiger partial charge on any atom is 0.249 e. The van der Waals surface area contributed by atoms with E-state index in [0.717, 1.165) is 24.0 Å². The summed E-state index contributed by atoms with van der Waals surface area (Å²) in [5.41, 5.74) is 4.51. The summed E-state index contributed by atoms with van der Waals surface area (Å²) in [5, 5.41) is 7.08. The van der Waals surface area contributed by atoms with E-state index in [1.165, 1.54) is 6.21 Å². The number of ether oxygens (including phenoxy) is 2. The summed E-state index contributed by atoms with van der Waals surface area (Å²) in [6.07, 6.45) is 3.13. The second-order valence-corrected chi connectivity index (χ2v) is 7.23. The summed E-state index contributed by atoms with van der Waals surface area (Å²) < 4.78 is 11.4. The lowest BCUT2D eigenvalue weighted by atomic mass is 10.2. The van der Waals surface area contributed by atoms with Crippen LogP contribution < -0.4 is 20.2 Å². The van der Waals surface area contributed by atoms with Gasteiger partial charge in [0, 0.05) is 10.7 Å². The summed E-state index contributed by atoms with van der Waals surface area (Å²) in [5.74, 6) is 0.297.